The van der Waals surface area contributed by atoms with Gasteiger partial charge in [-0.05, 0) is 19.8 Å². The van der Waals surface area contributed by atoms with E-state index in [1.165, 1.54) is 6.92 Å². The number of furan rings is 1. The summed E-state index contributed by atoms with van der Waals surface area (Å²) in [7, 11) is -3.88. The van der Waals surface area contributed by atoms with Crippen LogP contribution in [-0.4, -0.2) is 37.2 Å². The van der Waals surface area contributed by atoms with Gasteiger partial charge in [-0.25, -0.2) is 17.9 Å². The van der Waals surface area contributed by atoms with Crippen molar-refractivity contribution < 1.29 is 27.8 Å². The van der Waals surface area contributed by atoms with Gasteiger partial charge in [-0.2, -0.15) is 0 Å². The molecule has 0 spiro atoms. The van der Waals surface area contributed by atoms with E-state index in [4.69, 9.17) is 14.6 Å². The Morgan fingerprint density at radius 2 is 2.05 bits per heavy atom. The predicted octanol–water partition coefficient (Wildman–Crippen LogP) is 0.581. The van der Waals surface area contributed by atoms with Gasteiger partial charge in [-0.1, -0.05) is 6.92 Å². The number of hydrogen-bond acceptors (Lipinski definition) is 5. The average molecular weight is 291 g/mol. The molecule has 0 radical (unpaired) electrons. The molecule has 1 rings (SSSR count). The summed E-state index contributed by atoms with van der Waals surface area (Å²) in [5, 5.41) is 17.7. The minimum absolute atomic E-state index is 0.00810. The Balaban J connectivity index is 3.04. The van der Waals surface area contributed by atoms with Gasteiger partial charge in [-0.15, -0.1) is 0 Å². The van der Waals surface area contributed by atoms with E-state index in [0.29, 0.717) is 0 Å². The van der Waals surface area contributed by atoms with E-state index >= 15 is 0 Å². The Kier molecular flexibility index (Phi) is 4.72. The summed E-state index contributed by atoms with van der Waals surface area (Å²) < 4.78 is 31.4. The summed E-state index contributed by atoms with van der Waals surface area (Å²) in [5.74, 6) is -2.02. The molecule has 0 aliphatic rings. The number of sulfonamides is 1. The van der Waals surface area contributed by atoms with Gasteiger partial charge in [0.05, 0.1) is 0 Å². The highest BCUT2D eigenvalue weighted by Crippen LogP contribution is 2.20. The SMILES string of the molecule is Cc1oc(C(=O)O)cc1S(=O)(=O)NC(C)C(C)CO. The van der Waals surface area contributed by atoms with E-state index in [0.717, 1.165) is 6.07 Å². The molecule has 0 saturated carbocycles. The van der Waals surface area contributed by atoms with Gasteiger partial charge in [0, 0.05) is 18.7 Å². The van der Waals surface area contributed by atoms with Crippen LogP contribution in [0.2, 0.25) is 0 Å². The lowest BCUT2D eigenvalue weighted by molar-refractivity contribution is 0.0661. The highest BCUT2D eigenvalue weighted by molar-refractivity contribution is 7.89. The number of aliphatic hydroxyl groups is 1. The second kappa shape index (κ2) is 5.72. The molecule has 0 aromatic carbocycles. The maximum atomic E-state index is 12.1. The van der Waals surface area contributed by atoms with E-state index in [9.17, 15) is 13.2 Å². The number of carboxylic acid groups (broad SMARTS) is 1. The molecule has 0 amide bonds. The zero-order valence-corrected chi connectivity index (χ0v) is 11.7. The molecule has 1 aromatic heterocycles. The molecule has 3 N–H and O–H groups in total. The molecule has 2 atom stereocenters. The minimum Gasteiger partial charge on any atom is -0.475 e. The predicted molar refractivity (Wildman–Crippen MR) is 66.4 cm³/mol. The van der Waals surface area contributed by atoms with Crippen LogP contribution in [0.4, 0.5) is 0 Å². The quantitative estimate of drug-likeness (QED) is 0.706. The van der Waals surface area contributed by atoms with Gasteiger partial charge >= 0.3 is 5.97 Å². The van der Waals surface area contributed by atoms with Gasteiger partial charge in [0.25, 0.3) is 0 Å². The summed E-state index contributed by atoms with van der Waals surface area (Å²) >= 11 is 0. The van der Waals surface area contributed by atoms with Crippen molar-refractivity contribution in [1.82, 2.24) is 4.72 Å². The molecule has 0 fully saturated rings. The van der Waals surface area contributed by atoms with E-state index in [2.05, 4.69) is 4.72 Å². The lowest BCUT2D eigenvalue weighted by Crippen LogP contribution is -2.38. The Labute approximate surface area is 111 Å². The fourth-order valence-electron chi connectivity index (χ4n) is 1.42. The number of aromatic carboxylic acids is 1. The van der Waals surface area contributed by atoms with Crippen LogP contribution in [0.25, 0.3) is 0 Å². The van der Waals surface area contributed by atoms with Gasteiger partial charge in [0.1, 0.15) is 10.7 Å². The fraction of sp³-hybridized carbons (Fsp3) is 0.545. The molecule has 0 saturated heterocycles. The van der Waals surface area contributed by atoms with Crippen molar-refractivity contribution in [2.45, 2.75) is 31.7 Å². The second-order valence-electron chi connectivity index (χ2n) is 4.41. The first-order chi connectivity index (χ1) is 8.69. The van der Waals surface area contributed by atoms with E-state index in [1.54, 1.807) is 13.8 Å². The molecular formula is C11H17NO6S. The first-order valence-electron chi connectivity index (χ1n) is 5.66. The van der Waals surface area contributed by atoms with Crippen molar-refractivity contribution in [3.63, 3.8) is 0 Å². The Bertz CT molecular complexity index is 562. The topological polar surface area (TPSA) is 117 Å². The first-order valence-corrected chi connectivity index (χ1v) is 7.14. The Morgan fingerprint density at radius 1 is 1.47 bits per heavy atom. The maximum absolute atomic E-state index is 12.1. The molecule has 2 unspecified atom stereocenters. The maximum Gasteiger partial charge on any atom is 0.371 e. The van der Waals surface area contributed by atoms with Gasteiger partial charge < -0.3 is 14.6 Å². The first kappa shape index (κ1) is 15.7. The van der Waals surface area contributed by atoms with Gasteiger partial charge in [0.2, 0.25) is 15.8 Å². The number of aryl methyl sites for hydroxylation is 1. The molecule has 8 heteroatoms. The molecule has 1 heterocycles. The molecule has 19 heavy (non-hydrogen) atoms. The van der Waals surface area contributed by atoms with Crippen molar-refractivity contribution in [3.8, 4) is 0 Å². The summed E-state index contributed by atoms with van der Waals surface area (Å²) in [6.07, 6.45) is 0. The van der Waals surface area contributed by atoms with E-state index in [1.807, 2.05) is 0 Å². The normalized spacial score (nSPS) is 15.2. The zero-order chi connectivity index (χ0) is 14.8. The number of rotatable bonds is 6. The van der Waals surface area contributed by atoms with E-state index < -0.39 is 27.8 Å². The van der Waals surface area contributed by atoms with Crippen LogP contribution >= 0.6 is 0 Å². The largest absolute Gasteiger partial charge is 0.475 e. The number of carbonyl (C=O) groups is 1. The highest BCUT2D eigenvalue weighted by Gasteiger charge is 2.26. The van der Waals surface area contributed by atoms with Crippen LogP contribution < -0.4 is 4.72 Å². The lowest BCUT2D eigenvalue weighted by atomic mass is 10.1. The molecule has 0 aliphatic carbocycles. The van der Waals surface area contributed by atoms with Crippen molar-refractivity contribution in [2.24, 2.45) is 5.92 Å². The Morgan fingerprint density at radius 3 is 2.47 bits per heavy atom. The van der Waals surface area contributed by atoms with Gasteiger partial charge in [0.15, 0.2) is 0 Å². The third-order valence-electron chi connectivity index (χ3n) is 2.86. The summed E-state index contributed by atoms with van der Waals surface area (Å²) in [6.45, 7) is 4.53. The van der Waals surface area contributed by atoms with Crippen molar-refractivity contribution >= 4 is 16.0 Å². The van der Waals surface area contributed by atoms with Crippen molar-refractivity contribution in [3.05, 3.63) is 17.6 Å². The number of aliphatic hydroxyl groups excluding tert-OH is 1. The summed E-state index contributed by atoms with van der Waals surface area (Å²) in [4.78, 5) is 10.5. The fourth-order valence-corrected chi connectivity index (χ4v) is 2.95. The molecule has 108 valence electrons. The highest BCUT2D eigenvalue weighted by atomic mass is 32.2. The third-order valence-corrected chi connectivity index (χ3v) is 4.52. The second-order valence-corrected chi connectivity index (χ2v) is 6.09. The summed E-state index contributed by atoms with van der Waals surface area (Å²) in [5.41, 5.74) is 0. The molecule has 0 aliphatic heterocycles. The molecule has 1 aromatic rings. The number of carboxylic acids is 1. The minimum atomic E-state index is -3.88. The lowest BCUT2D eigenvalue weighted by Gasteiger charge is -2.18. The van der Waals surface area contributed by atoms with Crippen molar-refractivity contribution in [2.75, 3.05) is 6.61 Å². The molecule has 0 bridgehead atoms. The molecular weight excluding hydrogens is 274 g/mol. The van der Waals surface area contributed by atoms with E-state index in [-0.39, 0.29) is 23.2 Å². The van der Waals surface area contributed by atoms with Crippen LogP contribution in [0.5, 0.6) is 0 Å². The van der Waals surface area contributed by atoms with Crippen LogP contribution in [0.1, 0.15) is 30.2 Å². The average Bonchev–Trinajstić information content (AvgIpc) is 2.70. The van der Waals surface area contributed by atoms with Crippen LogP contribution in [0.15, 0.2) is 15.4 Å². The number of hydrogen-bond donors (Lipinski definition) is 3. The monoisotopic (exact) mass is 291 g/mol. The third kappa shape index (κ3) is 3.55. The summed E-state index contributed by atoms with van der Waals surface area (Å²) in [6, 6.07) is 0.480. The van der Waals surface area contributed by atoms with Crippen molar-refractivity contribution in [1.29, 1.82) is 0 Å². The van der Waals surface area contributed by atoms with Crippen LogP contribution in [-0.2, 0) is 10.0 Å². The number of nitrogens with one attached hydrogen (secondary N) is 1. The Hall–Kier alpha value is -1.38. The zero-order valence-electron chi connectivity index (χ0n) is 10.9. The smallest absolute Gasteiger partial charge is 0.371 e. The van der Waals surface area contributed by atoms with Gasteiger partial charge in [-0.3, -0.25) is 0 Å². The van der Waals surface area contributed by atoms with Crippen LogP contribution in [0.3, 0.4) is 0 Å². The molecule has 7 nitrogen and oxygen atoms in total. The van der Waals surface area contributed by atoms with Crippen LogP contribution in [0, 0.1) is 12.8 Å². The standard InChI is InChI=1S/C11H17NO6S/c1-6(5-13)7(2)12-19(16,17)10-4-9(11(14)15)18-8(10)3/h4,6-7,12-13H,5H2,1-3H3,(H,14,15).